The van der Waals surface area contributed by atoms with E-state index in [1.807, 2.05) is 25.7 Å². The lowest BCUT2D eigenvalue weighted by molar-refractivity contribution is -0.137. The Morgan fingerprint density at radius 1 is 1.09 bits per heavy atom. The van der Waals surface area contributed by atoms with E-state index in [-0.39, 0.29) is 11.3 Å². The van der Waals surface area contributed by atoms with Gasteiger partial charge in [-0.2, -0.15) is 13.2 Å². The molecule has 1 aliphatic heterocycles. The van der Waals surface area contributed by atoms with Crippen LogP contribution in [0.3, 0.4) is 0 Å². The summed E-state index contributed by atoms with van der Waals surface area (Å²) in [6.07, 6.45) is -3.85. The number of nitrogens with zero attached hydrogens (tertiary/aromatic N) is 2. The van der Waals surface area contributed by atoms with Crippen LogP contribution in [0.25, 0.3) is 0 Å². The van der Waals surface area contributed by atoms with Gasteiger partial charge in [-0.05, 0) is 23.6 Å². The molecule has 2 rings (SSSR count). The van der Waals surface area contributed by atoms with E-state index in [0.29, 0.717) is 38.3 Å². The Morgan fingerprint density at radius 2 is 1.70 bits per heavy atom. The Bertz CT molecular complexity index is 556. The zero-order valence-electron chi connectivity index (χ0n) is 13.8. The Labute approximate surface area is 135 Å². The molecule has 23 heavy (non-hydrogen) atoms. The molecule has 1 aliphatic rings. The number of hydrogen-bond acceptors (Lipinski definition) is 2. The molecule has 6 heteroatoms. The van der Waals surface area contributed by atoms with Crippen LogP contribution in [0.4, 0.5) is 18.9 Å². The van der Waals surface area contributed by atoms with Gasteiger partial charge in [-0.3, -0.25) is 4.79 Å². The number of carbonyl (C=O) groups excluding carboxylic acids is 1. The molecule has 0 atom stereocenters. The van der Waals surface area contributed by atoms with Crippen LogP contribution in [0.1, 0.15) is 32.8 Å². The number of amides is 1. The molecule has 0 spiro atoms. The van der Waals surface area contributed by atoms with Crippen LogP contribution < -0.4 is 4.90 Å². The van der Waals surface area contributed by atoms with Crippen molar-refractivity contribution in [2.24, 2.45) is 5.41 Å². The van der Waals surface area contributed by atoms with Gasteiger partial charge in [-0.25, -0.2) is 0 Å². The first kappa shape index (κ1) is 17.6. The number of benzene rings is 1. The molecule has 0 unspecified atom stereocenters. The van der Waals surface area contributed by atoms with Crippen molar-refractivity contribution in [1.29, 1.82) is 0 Å². The fourth-order valence-electron chi connectivity index (χ4n) is 2.66. The second-order valence-corrected chi connectivity index (χ2v) is 7.15. The molecule has 0 aliphatic carbocycles. The van der Waals surface area contributed by atoms with Gasteiger partial charge in [-0.15, -0.1) is 0 Å². The predicted molar refractivity (Wildman–Crippen MR) is 84.3 cm³/mol. The maximum Gasteiger partial charge on any atom is 0.416 e. The van der Waals surface area contributed by atoms with Crippen LogP contribution in [0.5, 0.6) is 0 Å². The third kappa shape index (κ3) is 4.88. The fourth-order valence-corrected chi connectivity index (χ4v) is 2.66. The lowest BCUT2D eigenvalue weighted by atomic mass is 9.91. The highest BCUT2D eigenvalue weighted by atomic mass is 19.4. The third-order valence-corrected chi connectivity index (χ3v) is 3.85. The largest absolute Gasteiger partial charge is 0.416 e. The summed E-state index contributed by atoms with van der Waals surface area (Å²) in [5.41, 5.74) is -0.140. The first-order valence-electron chi connectivity index (χ1n) is 7.76. The number of piperazine rings is 1. The van der Waals surface area contributed by atoms with Crippen LogP contribution in [-0.2, 0) is 11.0 Å². The van der Waals surface area contributed by atoms with Gasteiger partial charge >= 0.3 is 6.18 Å². The molecule has 0 bridgehead atoms. The molecular formula is C17H23F3N2O. The smallest absolute Gasteiger partial charge is 0.368 e. The topological polar surface area (TPSA) is 23.6 Å². The molecular weight excluding hydrogens is 305 g/mol. The molecule has 1 fully saturated rings. The summed E-state index contributed by atoms with van der Waals surface area (Å²) in [5, 5.41) is 0. The number of rotatable bonds is 2. The zero-order valence-corrected chi connectivity index (χ0v) is 13.8. The second kappa shape index (κ2) is 6.42. The third-order valence-electron chi connectivity index (χ3n) is 3.85. The summed E-state index contributed by atoms with van der Waals surface area (Å²) >= 11 is 0. The van der Waals surface area contributed by atoms with Gasteiger partial charge in [0.25, 0.3) is 0 Å². The molecule has 0 aromatic heterocycles. The van der Waals surface area contributed by atoms with Gasteiger partial charge < -0.3 is 9.80 Å². The van der Waals surface area contributed by atoms with E-state index in [0.717, 1.165) is 6.07 Å². The van der Waals surface area contributed by atoms with Crippen molar-refractivity contribution < 1.29 is 18.0 Å². The van der Waals surface area contributed by atoms with E-state index < -0.39 is 11.7 Å². The van der Waals surface area contributed by atoms with Crippen molar-refractivity contribution in [3.05, 3.63) is 29.8 Å². The molecule has 1 amide bonds. The van der Waals surface area contributed by atoms with E-state index in [4.69, 9.17) is 0 Å². The van der Waals surface area contributed by atoms with Crippen LogP contribution in [0.2, 0.25) is 0 Å². The average molecular weight is 328 g/mol. The van der Waals surface area contributed by atoms with Crippen LogP contribution in [0.15, 0.2) is 24.3 Å². The van der Waals surface area contributed by atoms with E-state index >= 15 is 0 Å². The maximum absolute atomic E-state index is 12.8. The van der Waals surface area contributed by atoms with Crippen molar-refractivity contribution in [1.82, 2.24) is 4.90 Å². The lowest BCUT2D eigenvalue weighted by Gasteiger charge is -2.37. The van der Waals surface area contributed by atoms with Gasteiger partial charge in [0.05, 0.1) is 5.56 Å². The van der Waals surface area contributed by atoms with Crippen molar-refractivity contribution in [2.45, 2.75) is 33.4 Å². The molecule has 1 saturated heterocycles. The number of carbonyl (C=O) groups is 1. The minimum absolute atomic E-state index is 0.0603. The summed E-state index contributed by atoms with van der Waals surface area (Å²) < 4.78 is 38.4. The van der Waals surface area contributed by atoms with Crippen LogP contribution in [-0.4, -0.2) is 37.0 Å². The van der Waals surface area contributed by atoms with Crippen molar-refractivity contribution in [3.8, 4) is 0 Å². The highest BCUT2D eigenvalue weighted by molar-refractivity contribution is 5.77. The summed E-state index contributed by atoms with van der Waals surface area (Å²) in [7, 11) is 0. The molecule has 1 aromatic carbocycles. The highest BCUT2D eigenvalue weighted by Crippen LogP contribution is 2.32. The average Bonchev–Trinajstić information content (AvgIpc) is 2.45. The number of halogens is 3. The molecule has 0 saturated carbocycles. The van der Waals surface area contributed by atoms with Crippen molar-refractivity contribution in [3.63, 3.8) is 0 Å². The summed E-state index contributed by atoms with van der Waals surface area (Å²) in [4.78, 5) is 15.9. The number of hydrogen-bond donors (Lipinski definition) is 0. The van der Waals surface area contributed by atoms with E-state index in [1.165, 1.54) is 12.1 Å². The predicted octanol–water partition coefficient (Wildman–Crippen LogP) is 3.79. The Kier molecular flexibility index (Phi) is 4.92. The van der Waals surface area contributed by atoms with Crippen molar-refractivity contribution >= 4 is 11.6 Å². The van der Waals surface area contributed by atoms with E-state index in [1.54, 1.807) is 11.0 Å². The summed E-state index contributed by atoms with van der Waals surface area (Å²) in [6.45, 7) is 8.25. The van der Waals surface area contributed by atoms with Gasteiger partial charge in [0, 0.05) is 38.3 Å². The number of alkyl halides is 3. The molecule has 128 valence electrons. The van der Waals surface area contributed by atoms with Gasteiger partial charge in [0.2, 0.25) is 5.91 Å². The highest BCUT2D eigenvalue weighted by Gasteiger charge is 2.31. The maximum atomic E-state index is 12.8. The summed E-state index contributed by atoms with van der Waals surface area (Å²) in [6, 6.07) is 5.36. The second-order valence-electron chi connectivity index (χ2n) is 7.15. The standard InChI is InChI=1S/C17H23F3N2O/c1-16(2,3)12-15(23)22-9-7-21(8-10-22)14-6-4-5-13(11-14)17(18,19)20/h4-6,11H,7-10,12H2,1-3H3. The molecule has 0 radical (unpaired) electrons. The van der Waals surface area contributed by atoms with Gasteiger partial charge in [0.1, 0.15) is 0 Å². The molecule has 1 aromatic rings. The lowest BCUT2D eigenvalue weighted by Crippen LogP contribution is -2.49. The Balaban J connectivity index is 1.98. The SMILES string of the molecule is CC(C)(C)CC(=O)N1CCN(c2cccc(C(F)(F)F)c2)CC1. The molecule has 3 nitrogen and oxygen atoms in total. The first-order chi connectivity index (χ1) is 10.6. The van der Waals surface area contributed by atoms with Crippen LogP contribution >= 0.6 is 0 Å². The van der Waals surface area contributed by atoms with Gasteiger partial charge in [-0.1, -0.05) is 26.8 Å². The summed E-state index contributed by atoms with van der Waals surface area (Å²) in [5.74, 6) is 0.112. The molecule has 0 N–H and O–H groups in total. The van der Waals surface area contributed by atoms with Crippen molar-refractivity contribution in [2.75, 3.05) is 31.1 Å². The zero-order chi connectivity index (χ0) is 17.3. The minimum atomic E-state index is -4.33. The van der Waals surface area contributed by atoms with E-state index in [9.17, 15) is 18.0 Å². The monoisotopic (exact) mass is 328 g/mol. The van der Waals surface area contributed by atoms with Gasteiger partial charge in [0.15, 0.2) is 0 Å². The van der Waals surface area contributed by atoms with E-state index in [2.05, 4.69) is 0 Å². The normalized spacial score (nSPS) is 16.6. The quantitative estimate of drug-likeness (QED) is 0.825. The minimum Gasteiger partial charge on any atom is -0.368 e. The number of anilines is 1. The van der Waals surface area contributed by atoms with Crippen LogP contribution in [0, 0.1) is 5.41 Å². The first-order valence-corrected chi connectivity index (χ1v) is 7.76. The Morgan fingerprint density at radius 3 is 2.22 bits per heavy atom. The molecule has 1 heterocycles. The Hall–Kier alpha value is -1.72. The fraction of sp³-hybridized carbons (Fsp3) is 0.588.